The SMILES string of the molecule is O=C(c1ccccc1)C1CCN(C(=O)[C@H]2CCCN(C(=O)c3ccoc3)C2)CC1. The Morgan fingerprint density at radius 2 is 1.59 bits per heavy atom. The smallest absolute Gasteiger partial charge is 0.257 e. The summed E-state index contributed by atoms with van der Waals surface area (Å²) in [6.07, 6.45) is 5.95. The first kappa shape index (κ1) is 19.4. The molecule has 2 amide bonds. The maximum Gasteiger partial charge on any atom is 0.257 e. The van der Waals surface area contributed by atoms with Crippen molar-refractivity contribution >= 4 is 17.6 Å². The lowest BCUT2D eigenvalue weighted by molar-refractivity contribution is -0.138. The minimum absolute atomic E-state index is 0.0213. The number of carbonyl (C=O) groups is 3. The van der Waals surface area contributed by atoms with Crippen LogP contribution in [0.15, 0.2) is 53.3 Å². The van der Waals surface area contributed by atoms with Gasteiger partial charge in [-0.1, -0.05) is 30.3 Å². The fourth-order valence-corrected chi connectivity index (χ4v) is 4.39. The molecule has 0 saturated carbocycles. The summed E-state index contributed by atoms with van der Waals surface area (Å²) in [7, 11) is 0. The third kappa shape index (κ3) is 4.26. The standard InChI is InChI=1S/C23H26N2O4/c26-21(17-5-2-1-3-6-17)18-8-12-24(13-9-18)22(27)19-7-4-11-25(15-19)23(28)20-10-14-29-16-20/h1-3,5-6,10,14,16,18-19H,4,7-9,11-13,15H2/t19-/m0/s1. The molecule has 6 nitrogen and oxygen atoms in total. The molecule has 1 aromatic heterocycles. The fraction of sp³-hybridized carbons (Fsp3) is 0.435. The molecular weight excluding hydrogens is 368 g/mol. The first-order chi connectivity index (χ1) is 14.1. The van der Waals surface area contributed by atoms with Gasteiger partial charge in [-0.15, -0.1) is 0 Å². The monoisotopic (exact) mass is 394 g/mol. The van der Waals surface area contributed by atoms with Crippen molar-refractivity contribution < 1.29 is 18.8 Å². The Labute approximate surface area is 170 Å². The minimum Gasteiger partial charge on any atom is -0.472 e. The molecule has 0 spiro atoms. The Hall–Kier alpha value is -2.89. The molecule has 2 aliphatic heterocycles. The van der Waals surface area contributed by atoms with Gasteiger partial charge in [0, 0.05) is 37.7 Å². The van der Waals surface area contributed by atoms with Crippen molar-refractivity contribution in [2.45, 2.75) is 25.7 Å². The Balaban J connectivity index is 1.32. The van der Waals surface area contributed by atoms with Crippen molar-refractivity contribution in [1.82, 2.24) is 9.80 Å². The van der Waals surface area contributed by atoms with Gasteiger partial charge < -0.3 is 14.2 Å². The van der Waals surface area contributed by atoms with Gasteiger partial charge in [0.15, 0.2) is 5.78 Å². The Bertz CT molecular complexity index is 854. The zero-order valence-electron chi connectivity index (χ0n) is 16.5. The Kier molecular flexibility index (Phi) is 5.79. The molecular formula is C23H26N2O4. The number of benzene rings is 1. The highest BCUT2D eigenvalue weighted by Gasteiger charge is 2.34. The van der Waals surface area contributed by atoms with Crippen molar-refractivity contribution in [2.75, 3.05) is 26.2 Å². The first-order valence-electron chi connectivity index (χ1n) is 10.3. The molecule has 0 N–H and O–H groups in total. The van der Waals surface area contributed by atoms with Gasteiger partial charge in [0.25, 0.3) is 5.91 Å². The second-order valence-electron chi connectivity index (χ2n) is 7.93. The van der Waals surface area contributed by atoms with Crippen LogP contribution < -0.4 is 0 Å². The van der Waals surface area contributed by atoms with Crippen LogP contribution in [0.2, 0.25) is 0 Å². The zero-order valence-corrected chi connectivity index (χ0v) is 16.5. The number of furan rings is 1. The summed E-state index contributed by atoms with van der Waals surface area (Å²) < 4.78 is 5.01. The van der Waals surface area contributed by atoms with E-state index >= 15 is 0 Å². The van der Waals surface area contributed by atoms with E-state index < -0.39 is 0 Å². The number of amides is 2. The van der Waals surface area contributed by atoms with Gasteiger partial charge >= 0.3 is 0 Å². The van der Waals surface area contributed by atoms with Crippen LogP contribution in [0, 0.1) is 11.8 Å². The van der Waals surface area contributed by atoms with Crippen LogP contribution in [0.1, 0.15) is 46.4 Å². The lowest BCUT2D eigenvalue weighted by atomic mass is 9.88. The van der Waals surface area contributed by atoms with Crippen LogP contribution in [0.3, 0.4) is 0 Å². The summed E-state index contributed by atoms with van der Waals surface area (Å²) in [6.45, 7) is 2.33. The summed E-state index contributed by atoms with van der Waals surface area (Å²) >= 11 is 0. The molecule has 6 heteroatoms. The second kappa shape index (κ2) is 8.64. The van der Waals surface area contributed by atoms with Crippen molar-refractivity contribution in [2.24, 2.45) is 11.8 Å². The lowest BCUT2D eigenvalue weighted by Gasteiger charge is -2.37. The van der Waals surface area contributed by atoms with Crippen molar-refractivity contribution in [1.29, 1.82) is 0 Å². The van der Waals surface area contributed by atoms with Gasteiger partial charge in [0.05, 0.1) is 17.7 Å². The van der Waals surface area contributed by atoms with Crippen LogP contribution in [0.4, 0.5) is 0 Å². The third-order valence-electron chi connectivity index (χ3n) is 6.06. The van der Waals surface area contributed by atoms with E-state index in [0.29, 0.717) is 44.6 Å². The molecule has 29 heavy (non-hydrogen) atoms. The van der Waals surface area contributed by atoms with E-state index in [2.05, 4.69) is 0 Å². The van der Waals surface area contributed by atoms with Crippen molar-refractivity contribution in [3.05, 3.63) is 60.1 Å². The van der Waals surface area contributed by atoms with Crippen LogP contribution in [0.5, 0.6) is 0 Å². The van der Waals surface area contributed by atoms with Gasteiger partial charge in [0.2, 0.25) is 5.91 Å². The molecule has 2 aromatic rings. The highest BCUT2D eigenvalue weighted by atomic mass is 16.3. The molecule has 2 aliphatic rings. The predicted octanol–water partition coefficient (Wildman–Crippen LogP) is 3.25. The molecule has 2 fully saturated rings. The van der Waals surface area contributed by atoms with Gasteiger partial charge in [-0.2, -0.15) is 0 Å². The number of rotatable bonds is 4. The van der Waals surface area contributed by atoms with Crippen LogP contribution in [-0.4, -0.2) is 53.6 Å². The molecule has 0 radical (unpaired) electrons. The van der Waals surface area contributed by atoms with Crippen LogP contribution >= 0.6 is 0 Å². The largest absolute Gasteiger partial charge is 0.472 e. The fourth-order valence-electron chi connectivity index (χ4n) is 4.39. The highest BCUT2D eigenvalue weighted by Crippen LogP contribution is 2.26. The van der Waals surface area contributed by atoms with E-state index in [1.54, 1.807) is 11.0 Å². The molecule has 1 atom stereocenters. The van der Waals surface area contributed by atoms with Gasteiger partial charge in [-0.25, -0.2) is 0 Å². The van der Waals surface area contributed by atoms with Crippen molar-refractivity contribution in [3.63, 3.8) is 0 Å². The van der Waals surface area contributed by atoms with Gasteiger partial charge in [0.1, 0.15) is 6.26 Å². The van der Waals surface area contributed by atoms with Crippen molar-refractivity contribution in [3.8, 4) is 0 Å². The average molecular weight is 394 g/mol. The van der Waals surface area contributed by atoms with Crippen LogP contribution in [0.25, 0.3) is 0 Å². The first-order valence-corrected chi connectivity index (χ1v) is 10.3. The molecule has 4 rings (SSSR count). The summed E-state index contributed by atoms with van der Waals surface area (Å²) in [6, 6.07) is 11.0. The summed E-state index contributed by atoms with van der Waals surface area (Å²) in [5.41, 5.74) is 1.27. The zero-order chi connectivity index (χ0) is 20.2. The number of hydrogen-bond donors (Lipinski definition) is 0. The number of hydrogen-bond acceptors (Lipinski definition) is 4. The van der Waals surface area contributed by atoms with E-state index in [1.165, 1.54) is 12.5 Å². The highest BCUT2D eigenvalue weighted by molar-refractivity contribution is 5.98. The molecule has 0 bridgehead atoms. The molecule has 1 aromatic carbocycles. The summed E-state index contributed by atoms with van der Waals surface area (Å²) in [5.74, 6) is 0.0175. The normalized spacial score (nSPS) is 20.5. The number of piperidine rings is 2. The Morgan fingerprint density at radius 1 is 0.828 bits per heavy atom. The minimum atomic E-state index is -0.166. The van der Waals surface area contributed by atoms with Crippen LogP contribution in [-0.2, 0) is 4.79 Å². The number of ketones is 1. The van der Waals surface area contributed by atoms with E-state index in [-0.39, 0.29) is 29.4 Å². The second-order valence-corrected chi connectivity index (χ2v) is 7.93. The molecule has 0 aliphatic carbocycles. The van der Waals surface area contributed by atoms with E-state index in [4.69, 9.17) is 4.42 Å². The summed E-state index contributed by atoms with van der Waals surface area (Å²) in [5, 5.41) is 0. The van der Waals surface area contributed by atoms with Gasteiger partial charge in [-0.05, 0) is 31.7 Å². The average Bonchev–Trinajstić information content (AvgIpc) is 3.33. The summed E-state index contributed by atoms with van der Waals surface area (Å²) in [4.78, 5) is 41.9. The van der Waals surface area contributed by atoms with Gasteiger partial charge in [-0.3, -0.25) is 14.4 Å². The molecule has 3 heterocycles. The number of carbonyl (C=O) groups excluding carboxylic acids is 3. The van der Waals surface area contributed by atoms with E-state index in [9.17, 15) is 14.4 Å². The molecule has 2 saturated heterocycles. The number of Topliss-reactive ketones (excluding diaryl/α,β-unsaturated/α-hetero) is 1. The van der Waals surface area contributed by atoms with E-state index in [1.807, 2.05) is 35.2 Å². The lowest BCUT2D eigenvalue weighted by Crippen LogP contribution is -2.49. The maximum absolute atomic E-state index is 13.0. The molecule has 0 unspecified atom stereocenters. The number of likely N-dealkylation sites (tertiary alicyclic amines) is 2. The van der Waals surface area contributed by atoms with E-state index in [0.717, 1.165) is 18.4 Å². The maximum atomic E-state index is 13.0. The third-order valence-corrected chi connectivity index (χ3v) is 6.06. The molecule has 152 valence electrons. The predicted molar refractivity (Wildman–Crippen MR) is 107 cm³/mol. The number of nitrogens with zero attached hydrogens (tertiary/aromatic N) is 2. The topological polar surface area (TPSA) is 70.8 Å². The quantitative estimate of drug-likeness (QED) is 0.747. The Morgan fingerprint density at radius 3 is 2.28 bits per heavy atom.